The van der Waals surface area contributed by atoms with Crippen LogP contribution in [0.5, 0.6) is 11.5 Å². The van der Waals surface area contributed by atoms with Gasteiger partial charge in [-0.2, -0.15) is 0 Å². The number of esters is 1. The molecule has 1 aliphatic rings. The average molecular weight is 452 g/mol. The number of rotatable bonds is 8. The Bertz CT molecular complexity index is 1170. The monoisotopic (exact) mass is 452 g/mol. The van der Waals surface area contributed by atoms with E-state index in [1.54, 1.807) is 6.07 Å². The topological polar surface area (TPSA) is 130 Å². The number of amides is 1. The van der Waals surface area contributed by atoms with Gasteiger partial charge in [0.2, 0.25) is 5.76 Å². The number of nitro groups is 1. The third kappa shape index (κ3) is 5.48. The van der Waals surface area contributed by atoms with Crippen LogP contribution in [0, 0.1) is 10.1 Å². The number of carbonyl (C=O) groups is 2. The van der Waals surface area contributed by atoms with Crippen LogP contribution < -0.4 is 14.8 Å². The maximum absolute atomic E-state index is 12.2. The fourth-order valence-corrected chi connectivity index (χ4v) is 3.19. The van der Waals surface area contributed by atoms with Crippen molar-refractivity contribution >= 4 is 17.6 Å². The molecule has 0 bridgehead atoms. The highest BCUT2D eigenvalue weighted by atomic mass is 16.6. The quantitative estimate of drug-likeness (QED) is 0.313. The first-order valence-electron chi connectivity index (χ1n) is 10.2. The lowest BCUT2D eigenvalue weighted by Crippen LogP contribution is -2.30. The van der Waals surface area contributed by atoms with Crippen molar-refractivity contribution in [1.82, 2.24) is 5.32 Å². The molecule has 0 spiro atoms. The Kier molecular flexibility index (Phi) is 6.53. The normalized spacial score (nSPS) is 12.1. The Morgan fingerprint density at radius 3 is 2.52 bits per heavy atom. The highest BCUT2D eigenvalue weighted by molar-refractivity contribution is 5.89. The van der Waals surface area contributed by atoms with Gasteiger partial charge in [0.05, 0.1) is 4.92 Å². The third-order valence-electron chi connectivity index (χ3n) is 4.85. The van der Waals surface area contributed by atoms with Crippen LogP contribution in [0.4, 0.5) is 5.69 Å². The maximum atomic E-state index is 12.2. The van der Waals surface area contributed by atoms with Gasteiger partial charge in [0.1, 0.15) is 19.0 Å². The maximum Gasteiger partial charge on any atom is 0.374 e. The van der Waals surface area contributed by atoms with Gasteiger partial charge < -0.3 is 23.9 Å². The molecule has 0 saturated carbocycles. The first-order chi connectivity index (χ1) is 16.0. The molecule has 1 N–H and O–H groups in total. The van der Waals surface area contributed by atoms with Gasteiger partial charge in [-0.3, -0.25) is 14.9 Å². The summed E-state index contributed by atoms with van der Waals surface area (Å²) < 4.78 is 21.5. The molecule has 3 aromatic rings. The van der Waals surface area contributed by atoms with Crippen molar-refractivity contribution < 1.29 is 33.1 Å². The predicted molar refractivity (Wildman–Crippen MR) is 115 cm³/mol. The van der Waals surface area contributed by atoms with Gasteiger partial charge in [-0.05, 0) is 48.4 Å². The molecule has 0 aliphatic carbocycles. The van der Waals surface area contributed by atoms with Crippen molar-refractivity contribution in [2.45, 2.75) is 6.42 Å². The van der Waals surface area contributed by atoms with Crippen molar-refractivity contribution in [2.24, 2.45) is 0 Å². The van der Waals surface area contributed by atoms with E-state index in [1.165, 1.54) is 30.3 Å². The second-order valence-electron chi connectivity index (χ2n) is 7.12. The summed E-state index contributed by atoms with van der Waals surface area (Å²) in [5.74, 6) is 0.433. The molecule has 2 heterocycles. The largest absolute Gasteiger partial charge is 0.486 e. The fraction of sp³-hybridized carbons (Fsp3) is 0.217. The highest BCUT2D eigenvalue weighted by Crippen LogP contribution is 2.30. The van der Waals surface area contributed by atoms with Crippen molar-refractivity contribution in [3.63, 3.8) is 0 Å². The van der Waals surface area contributed by atoms with E-state index in [4.69, 9.17) is 18.6 Å². The molecule has 4 rings (SSSR count). The van der Waals surface area contributed by atoms with Crippen molar-refractivity contribution in [1.29, 1.82) is 0 Å². The molecule has 10 nitrogen and oxygen atoms in total. The molecule has 33 heavy (non-hydrogen) atoms. The van der Waals surface area contributed by atoms with Crippen LogP contribution in [0.3, 0.4) is 0 Å². The first kappa shape index (κ1) is 21.9. The van der Waals surface area contributed by atoms with E-state index in [0.29, 0.717) is 49.0 Å². The zero-order chi connectivity index (χ0) is 23.2. The standard InChI is InChI=1S/C23H20N2O8/c26-22(24-10-9-15-1-6-19-21(13-15)31-12-11-30-19)14-32-23(27)20-8-7-18(33-20)16-2-4-17(5-3-16)25(28)29/h1-8,13H,9-12,14H2,(H,24,26). The summed E-state index contributed by atoms with van der Waals surface area (Å²) in [5, 5.41) is 13.4. The van der Waals surface area contributed by atoms with Crippen LogP contribution in [-0.2, 0) is 16.0 Å². The summed E-state index contributed by atoms with van der Waals surface area (Å²) in [6, 6.07) is 14.3. The molecule has 2 aromatic carbocycles. The van der Waals surface area contributed by atoms with Crippen molar-refractivity contribution in [2.75, 3.05) is 26.4 Å². The zero-order valence-electron chi connectivity index (χ0n) is 17.4. The molecule has 10 heteroatoms. The van der Waals surface area contributed by atoms with Crippen LogP contribution in [0.2, 0.25) is 0 Å². The summed E-state index contributed by atoms with van der Waals surface area (Å²) in [6.07, 6.45) is 0.576. The van der Waals surface area contributed by atoms with Gasteiger partial charge in [0.15, 0.2) is 18.1 Å². The molecular weight excluding hydrogens is 432 g/mol. The van der Waals surface area contributed by atoms with E-state index in [2.05, 4.69) is 5.32 Å². The summed E-state index contributed by atoms with van der Waals surface area (Å²) in [6.45, 7) is 0.940. The predicted octanol–water partition coefficient (Wildman–Crippen LogP) is 3.14. The minimum Gasteiger partial charge on any atom is -0.486 e. The molecular formula is C23H20N2O8. The minimum atomic E-state index is -0.787. The van der Waals surface area contributed by atoms with Gasteiger partial charge in [-0.1, -0.05) is 6.07 Å². The second-order valence-corrected chi connectivity index (χ2v) is 7.12. The van der Waals surface area contributed by atoms with E-state index in [-0.39, 0.29) is 11.4 Å². The van der Waals surface area contributed by atoms with Crippen molar-refractivity contribution in [3.8, 4) is 22.8 Å². The second kappa shape index (κ2) is 9.86. The van der Waals surface area contributed by atoms with E-state index in [9.17, 15) is 19.7 Å². The Morgan fingerprint density at radius 1 is 1.00 bits per heavy atom. The number of furan rings is 1. The Morgan fingerprint density at radius 2 is 1.76 bits per heavy atom. The lowest BCUT2D eigenvalue weighted by atomic mass is 10.1. The molecule has 1 aromatic heterocycles. The number of carbonyl (C=O) groups excluding carboxylic acids is 2. The summed E-state index contributed by atoms with van der Waals surface area (Å²) in [4.78, 5) is 34.4. The fourth-order valence-electron chi connectivity index (χ4n) is 3.19. The molecule has 1 aliphatic heterocycles. The van der Waals surface area contributed by atoms with Crippen LogP contribution in [0.1, 0.15) is 16.1 Å². The van der Waals surface area contributed by atoms with Gasteiger partial charge in [-0.25, -0.2) is 4.79 Å². The summed E-state index contributed by atoms with van der Waals surface area (Å²) in [5.41, 5.74) is 1.49. The summed E-state index contributed by atoms with van der Waals surface area (Å²) >= 11 is 0. The molecule has 0 atom stereocenters. The van der Waals surface area contributed by atoms with Crippen LogP contribution in [-0.4, -0.2) is 43.2 Å². The molecule has 170 valence electrons. The molecule has 0 radical (unpaired) electrons. The number of nitrogens with one attached hydrogen (secondary N) is 1. The molecule has 1 amide bonds. The average Bonchev–Trinajstić information content (AvgIpc) is 3.33. The SMILES string of the molecule is O=C(COC(=O)c1ccc(-c2ccc([N+](=O)[O-])cc2)o1)NCCc1ccc2c(c1)OCCO2. The minimum absolute atomic E-state index is 0.0510. The third-order valence-corrected chi connectivity index (χ3v) is 4.85. The first-order valence-corrected chi connectivity index (χ1v) is 10.2. The lowest BCUT2D eigenvalue weighted by Gasteiger charge is -2.18. The number of benzene rings is 2. The van der Waals surface area contributed by atoms with Gasteiger partial charge in [-0.15, -0.1) is 0 Å². The molecule has 0 fully saturated rings. The van der Waals surface area contributed by atoms with Crippen LogP contribution in [0.25, 0.3) is 11.3 Å². The number of non-ortho nitro benzene ring substituents is 1. The lowest BCUT2D eigenvalue weighted by molar-refractivity contribution is -0.384. The van der Waals surface area contributed by atoms with E-state index in [0.717, 1.165) is 5.56 Å². The van der Waals surface area contributed by atoms with Gasteiger partial charge in [0.25, 0.3) is 11.6 Å². The smallest absolute Gasteiger partial charge is 0.374 e. The number of hydrogen-bond donors (Lipinski definition) is 1. The molecule has 0 saturated heterocycles. The zero-order valence-corrected chi connectivity index (χ0v) is 17.4. The number of nitrogens with zero attached hydrogens (tertiary/aromatic N) is 1. The number of hydrogen-bond acceptors (Lipinski definition) is 8. The Hall–Kier alpha value is -4.34. The van der Waals surface area contributed by atoms with E-state index >= 15 is 0 Å². The number of nitro benzene ring substituents is 1. The summed E-state index contributed by atoms with van der Waals surface area (Å²) in [7, 11) is 0. The number of ether oxygens (including phenoxy) is 3. The van der Waals surface area contributed by atoms with Gasteiger partial charge in [0, 0.05) is 24.2 Å². The van der Waals surface area contributed by atoms with Crippen LogP contribution in [0.15, 0.2) is 59.0 Å². The number of fused-ring (bicyclic) bond motifs is 1. The van der Waals surface area contributed by atoms with E-state index in [1.807, 2.05) is 18.2 Å². The highest BCUT2D eigenvalue weighted by Gasteiger charge is 2.16. The Labute approximate surface area is 188 Å². The van der Waals surface area contributed by atoms with Gasteiger partial charge >= 0.3 is 5.97 Å². The molecule has 0 unspecified atom stereocenters. The Balaban J connectivity index is 1.22. The van der Waals surface area contributed by atoms with Crippen molar-refractivity contribution in [3.05, 3.63) is 76.0 Å². The van der Waals surface area contributed by atoms with Crippen LogP contribution >= 0.6 is 0 Å². The van der Waals surface area contributed by atoms with E-state index < -0.39 is 23.4 Å².